The molecule has 0 aliphatic carbocycles. The molecule has 1 amide bonds. The number of amides is 1. The molecule has 2 aromatic heterocycles. The Balaban J connectivity index is 1.61. The first kappa shape index (κ1) is 15.7. The topological polar surface area (TPSA) is 88.5 Å². The molecule has 1 saturated heterocycles. The average Bonchev–Trinajstić information content (AvgIpc) is 2.87. The normalized spacial score (nSPS) is 19.1. The summed E-state index contributed by atoms with van der Waals surface area (Å²) in [4.78, 5) is 18.1. The molecule has 1 aliphatic heterocycles. The van der Waals surface area contributed by atoms with Crippen molar-refractivity contribution in [2.24, 2.45) is 11.7 Å². The molecule has 0 aromatic carbocycles. The van der Waals surface area contributed by atoms with Gasteiger partial charge in [-0.05, 0) is 33.2 Å². The minimum Gasteiger partial charge on any atom is -0.369 e. The molecule has 0 spiro atoms. The van der Waals surface area contributed by atoms with Crippen molar-refractivity contribution in [3.8, 4) is 0 Å². The molecule has 3 rings (SSSR count). The van der Waals surface area contributed by atoms with Crippen molar-refractivity contribution >= 4 is 17.4 Å². The number of hydrogen-bond acceptors (Lipinski definition) is 5. The number of piperidine rings is 1. The Bertz CT molecular complexity index is 710. The number of rotatable bonds is 5. The van der Waals surface area contributed by atoms with Crippen molar-refractivity contribution in [2.45, 2.75) is 26.7 Å². The van der Waals surface area contributed by atoms with Crippen LogP contribution in [0.1, 0.15) is 24.2 Å². The van der Waals surface area contributed by atoms with E-state index in [0.717, 1.165) is 61.9 Å². The fourth-order valence-corrected chi connectivity index (χ4v) is 3.17. The van der Waals surface area contributed by atoms with Crippen LogP contribution in [-0.4, -0.2) is 51.6 Å². The third kappa shape index (κ3) is 3.61. The number of primary amides is 1. The minimum atomic E-state index is -0.179. The highest BCUT2D eigenvalue weighted by Gasteiger charge is 2.23. The van der Waals surface area contributed by atoms with E-state index < -0.39 is 0 Å². The number of carbonyl (C=O) groups is 1. The van der Waals surface area contributed by atoms with E-state index in [0.29, 0.717) is 0 Å². The van der Waals surface area contributed by atoms with Crippen molar-refractivity contribution in [3.05, 3.63) is 23.5 Å². The predicted octanol–water partition coefficient (Wildman–Crippen LogP) is 0.955. The summed E-state index contributed by atoms with van der Waals surface area (Å²) < 4.78 is 1.84. The summed E-state index contributed by atoms with van der Waals surface area (Å²) in [6.07, 6.45) is 1.95. The number of fused-ring (bicyclic) bond motifs is 1. The molecular formula is C16H24N6O. The average molecular weight is 316 g/mol. The maximum atomic E-state index is 11.3. The summed E-state index contributed by atoms with van der Waals surface area (Å²) in [5.74, 6) is 0.762. The van der Waals surface area contributed by atoms with Crippen LogP contribution in [0.5, 0.6) is 0 Å². The van der Waals surface area contributed by atoms with Gasteiger partial charge in [-0.25, -0.2) is 4.98 Å². The Morgan fingerprint density at radius 1 is 1.39 bits per heavy atom. The molecule has 3 heterocycles. The number of nitrogens with two attached hydrogens (primary N) is 1. The Labute approximate surface area is 135 Å². The largest absolute Gasteiger partial charge is 0.369 e. The van der Waals surface area contributed by atoms with Crippen LogP contribution in [0.4, 0.5) is 5.82 Å². The van der Waals surface area contributed by atoms with Gasteiger partial charge in [-0.1, -0.05) is 0 Å². The number of nitrogens with zero attached hydrogens (tertiary/aromatic N) is 4. The van der Waals surface area contributed by atoms with E-state index in [1.54, 1.807) is 0 Å². The van der Waals surface area contributed by atoms with E-state index in [1.165, 1.54) is 0 Å². The van der Waals surface area contributed by atoms with Gasteiger partial charge >= 0.3 is 0 Å². The van der Waals surface area contributed by atoms with Crippen molar-refractivity contribution in [1.29, 1.82) is 0 Å². The van der Waals surface area contributed by atoms with E-state index in [1.807, 2.05) is 30.5 Å². The lowest BCUT2D eigenvalue weighted by Crippen LogP contribution is -2.42. The predicted molar refractivity (Wildman–Crippen MR) is 89.3 cm³/mol. The molecule has 2 aromatic rings. The van der Waals surface area contributed by atoms with Crippen LogP contribution in [0, 0.1) is 19.8 Å². The molecule has 3 N–H and O–H groups in total. The first-order valence-corrected chi connectivity index (χ1v) is 8.12. The van der Waals surface area contributed by atoms with Crippen LogP contribution < -0.4 is 11.1 Å². The van der Waals surface area contributed by atoms with Crippen LogP contribution in [0.3, 0.4) is 0 Å². The number of hydrogen-bond donors (Lipinski definition) is 2. The van der Waals surface area contributed by atoms with Gasteiger partial charge in [0, 0.05) is 37.5 Å². The van der Waals surface area contributed by atoms with Crippen LogP contribution in [0.15, 0.2) is 12.1 Å². The van der Waals surface area contributed by atoms with Gasteiger partial charge in [0.1, 0.15) is 5.82 Å². The maximum Gasteiger partial charge on any atom is 0.221 e. The first-order valence-electron chi connectivity index (χ1n) is 8.12. The Hall–Kier alpha value is -2.15. The number of aryl methyl sites for hydroxylation is 2. The second-order valence-corrected chi connectivity index (χ2v) is 6.31. The molecule has 0 saturated carbocycles. The minimum absolute atomic E-state index is 0.00704. The summed E-state index contributed by atoms with van der Waals surface area (Å²) in [6.45, 7) is 7.41. The van der Waals surface area contributed by atoms with Crippen LogP contribution in [0.25, 0.3) is 5.65 Å². The summed E-state index contributed by atoms with van der Waals surface area (Å²) >= 11 is 0. The van der Waals surface area contributed by atoms with Gasteiger partial charge in [-0.15, -0.1) is 0 Å². The van der Waals surface area contributed by atoms with Crippen molar-refractivity contribution in [1.82, 2.24) is 19.5 Å². The second-order valence-electron chi connectivity index (χ2n) is 6.31. The zero-order valence-electron chi connectivity index (χ0n) is 13.7. The summed E-state index contributed by atoms with van der Waals surface area (Å²) in [7, 11) is 0. The van der Waals surface area contributed by atoms with Gasteiger partial charge in [0.05, 0.1) is 11.6 Å². The quantitative estimate of drug-likeness (QED) is 0.857. The molecule has 23 heavy (non-hydrogen) atoms. The Kier molecular flexibility index (Phi) is 4.47. The van der Waals surface area contributed by atoms with E-state index in [2.05, 4.69) is 20.3 Å². The highest BCUT2D eigenvalue weighted by molar-refractivity contribution is 5.76. The van der Waals surface area contributed by atoms with Crippen molar-refractivity contribution in [3.63, 3.8) is 0 Å². The standard InChI is InChI=1S/C16H24N6O/c1-11-8-14(22-15(19-11)9-12(2)20-22)18-5-7-21-6-3-4-13(10-21)16(17)23/h8-9,13,18H,3-7,10H2,1-2H3,(H2,17,23)/t13-/m1/s1. The van der Waals surface area contributed by atoms with E-state index in [9.17, 15) is 4.79 Å². The lowest BCUT2D eigenvalue weighted by molar-refractivity contribution is -0.123. The van der Waals surface area contributed by atoms with Gasteiger partial charge < -0.3 is 16.0 Å². The first-order chi connectivity index (χ1) is 11.0. The Morgan fingerprint density at radius 2 is 2.22 bits per heavy atom. The van der Waals surface area contributed by atoms with Gasteiger partial charge in [-0.3, -0.25) is 4.79 Å². The molecule has 0 unspecified atom stereocenters. The zero-order chi connectivity index (χ0) is 16.4. The SMILES string of the molecule is Cc1cc(NCCN2CCC[C@@H](C(N)=O)C2)n2nc(C)cc2n1. The summed E-state index contributed by atoms with van der Waals surface area (Å²) in [6, 6.07) is 3.97. The van der Waals surface area contributed by atoms with Gasteiger partial charge in [0.15, 0.2) is 5.65 Å². The lowest BCUT2D eigenvalue weighted by Gasteiger charge is -2.31. The smallest absolute Gasteiger partial charge is 0.221 e. The highest BCUT2D eigenvalue weighted by Crippen LogP contribution is 2.16. The van der Waals surface area contributed by atoms with E-state index in [-0.39, 0.29) is 11.8 Å². The third-order valence-corrected chi connectivity index (χ3v) is 4.32. The molecule has 1 fully saturated rings. The maximum absolute atomic E-state index is 11.3. The Morgan fingerprint density at radius 3 is 3.00 bits per heavy atom. The second kappa shape index (κ2) is 6.54. The monoisotopic (exact) mass is 316 g/mol. The van der Waals surface area contributed by atoms with E-state index in [4.69, 9.17) is 5.73 Å². The number of anilines is 1. The third-order valence-electron chi connectivity index (χ3n) is 4.32. The summed E-state index contributed by atoms with van der Waals surface area (Å²) in [5.41, 5.74) is 8.20. The van der Waals surface area contributed by atoms with Gasteiger partial charge in [-0.2, -0.15) is 9.61 Å². The number of likely N-dealkylation sites (tertiary alicyclic amines) is 1. The van der Waals surface area contributed by atoms with Crippen LogP contribution >= 0.6 is 0 Å². The molecule has 1 aliphatic rings. The highest BCUT2D eigenvalue weighted by atomic mass is 16.1. The number of aromatic nitrogens is 3. The lowest BCUT2D eigenvalue weighted by atomic mass is 9.97. The van der Waals surface area contributed by atoms with Gasteiger partial charge in [0.2, 0.25) is 5.91 Å². The van der Waals surface area contributed by atoms with Crippen molar-refractivity contribution < 1.29 is 4.79 Å². The molecule has 7 heteroatoms. The number of carbonyl (C=O) groups excluding carboxylic acids is 1. The molecular weight excluding hydrogens is 292 g/mol. The molecule has 0 bridgehead atoms. The van der Waals surface area contributed by atoms with Crippen LogP contribution in [0.2, 0.25) is 0 Å². The molecule has 1 atom stereocenters. The molecule has 7 nitrogen and oxygen atoms in total. The fraction of sp³-hybridized carbons (Fsp3) is 0.562. The van der Waals surface area contributed by atoms with E-state index >= 15 is 0 Å². The van der Waals surface area contributed by atoms with Crippen molar-refractivity contribution in [2.75, 3.05) is 31.5 Å². The molecule has 124 valence electrons. The molecule has 0 radical (unpaired) electrons. The number of nitrogens with one attached hydrogen (secondary N) is 1. The van der Waals surface area contributed by atoms with Gasteiger partial charge in [0.25, 0.3) is 0 Å². The van der Waals surface area contributed by atoms with Crippen LogP contribution in [-0.2, 0) is 4.79 Å². The zero-order valence-corrected chi connectivity index (χ0v) is 13.7. The fourth-order valence-electron chi connectivity index (χ4n) is 3.17. The summed E-state index contributed by atoms with van der Waals surface area (Å²) in [5, 5.41) is 7.91.